The number of hydrogen-bond donors (Lipinski definition) is 0. The van der Waals surface area contributed by atoms with Crippen LogP contribution in [0.1, 0.15) is 0 Å². The van der Waals surface area contributed by atoms with Crippen molar-refractivity contribution in [2.45, 2.75) is 0 Å². The molecule has 0 atom stereocenters. The summed E-state index contributed by atoms with van der Waals surface area (Å²) >= 11 is 1.83. The van der Waals surface area contributed by atoms with Crippen molar-refractivity contribution in [3.63, 3.8) is 0 Å². The molecule has 0 saturated carbocycles. The van der Waals surface area contributed by atoms with Gasteiger partial charge in [-0.2, -0.15) is 0 Å². The molecule has 0 unspecified atom stereocenters. The Hall–Kier alpha value is -8.19. The summed E-state index contributed by atoms with van der Waals surface area (Å²) in [5.74, 6) is 1.85. The van der Waals surface area contributed by atoms with E-state index in [-0.39, 0.29) is 0 Å². The first kappa shape index (κ1) is 35.6. The van der Waals surface area contributed by atoms with Crippen LogP contribution >= 0.6 is 11.3 Å². The Kier molecular flexibility index (Phi) is 8.01. The average molecular weight is 823 g/mol. The van der Waals surface area contributed by atoms with Crippen LogP contribution in [0.15, 0.2) is 211 Å². The van der Waals surface area contributed by atoms with Crippen molar-refractivity contribution in [1.82, 2.24) is 19.5 Å². The van der Waals surface area contributed by atoms with Crippen molar-refractivity contribution in [2.24, 2.45) is 0 Å². The van der Waals surface area contributed by atoms with Crippen LogP contribution in [0.2, 0.25) is 0 Å². The molecule has 0 N–H and O–H groups in total. The Morgan fingerprint density at radius 2 is 0.905 bits per heavy atom. The van der Waals surface area contributed by atoms with Crippen LogP contribution in [-0.4, -0.2) is 19.5 Å². The molecule has 4 aromatic heterocycles. The lowest BCUT2D eigenvalue weighted by atomic mass is 9.92. The normalized spacial score (nSPS) is 11.8. The zero-order valence-corrected chi connectivity index (χ0v) is 34.6. The quantitative estimate of drug-likeness (QED) is 0.168. The lowest BCUT2D eigenvalue weighted by Crippen LogP contribution is -2.01. The van der Waals surface area contributed by atoms with Gasteiger partial charge in [-0.05, 0) is 77.4 Å². The van der Waals surface area contributed by atoms with Gasteiger partial charge in [0, 0.05) is 69.7 Å². The molecule has 0 aliphatic carbocycles. The van der Waals surface area contributed by atoms with Crippen LogP contribution in [0.25, 0.3) is 126 Å². The van der Waals surface area contributed by atoms with Crippen LogP contribution in [0, 0.1) is 0 Å². The summed E-state index contributed by atoms with van der Waals surface area (Å²) in [4.78, 5) is 15.7. The van der Waals surface area contributed by atoms with Gasteiger partial charge in [-0.25, -0.2) is 15.0 Å². The Morgan fingerprint density at radius 3 is 1.62 bits per heavy atom. The molecule has 9 aromatic carbocycles. The number of rotatable bonds is 6. The van der Waals surface area contributed by atoms with Crippen molar-refractivity contribution >= 4 is 75.3 Å². The standard InChI is InChI=1S/C57H34N4OS/c1-3-15-35(16-4-1)55-58-56(36-17-5-2-6-18-36)60-57(59-55)44-29-27-37(38-28-30-52-46(32-38)42-21-9-13-25-51(42)62-52)31-45(44)48-34-39(33-47-43-22-10-14-26-53(43)63-54(47)48)61-49-23-11-7-19-40(49)41-20-8-12-24-50(41)61/h1-34H. The number of thiophene rings is 1. The maximum absolute atomic E-state index is 6.27. The van der Waals surface area contributed by atoms with Gasteiger partial charge >= 0.3 is 0 Å². The highest BCUT2D eigenvalue weighted by molar-refractivity contribution is 7.26. The van der Waals surface area contributed by atoms with E-state index < -0.39 is 0 Å². The first-order valence-electron chi connectivity index (χ1n) is 21.1. The lowest BCUT2D eigenvalue weighted by Gasteiger charge is -2.17. The molecule has 294 valence electrons. The molecule has 5 nitrogen and oxygen atoms in total. The molecule has 0 aliphatic heterocycles. The molecule has 0 saturated heterocycles. The van der Waals surface area contributed by atoms with Gasteiger partial charge < -0.3 is 8.98 Å². The predicted molar refractivity (Wildman–Crippen MR) is 262 cm³/mol. The number of para-hydroxylation sites is 3. The van der Waals surface area contributed by atoms with E-state index in [1.807, 2.05) is 59.9 Å². The first-order chi connectivity index (χ1) is 31.2. The highest BCUT2D eigenvalue weighted by Gasteiger charge is 2.22. The summed E-state index contributed by atoms with van der Waals surface area (Å²) in [6.45, 7) is 0. The van der Waals surface area contributed by atoms with E-state index in [1.165, 1.54) is 30.9 Å². The van der Waals surface area contributed by atoms with Crippen LogP contribution in [-0.2, 0) is 0 Å². The zero-order valence-electron chi connectivity index (χ0n) is 33.7. The summed E-state index contributed by atoms with van der Waals surface area (Å²) < 4.78 is 11.1. The van der Waals surface area contributed by atoms with Gasteiger partial charge in [0.2, 0.25) is 0 Å². The average Bonchev–Trinajstić information content (AvgIpc) is 4.03. The summed E-state index contributed by atoms with van der Waals surface area (Å²) in [5.41, 5.74) is 12.3. The summed E-state index contributed by atoms with van der Waals surface area (Å²) in [6, 6.07) is 72.8. The summed E-state index contributed by atoms with van der Waals surface area (Å²) in [5, 5.41) is 7.08. The van der Waals surface area contributed by atoms with Crippen LogP contribution in [0.5, 0.6) is 0 Å². The number of aromatic nitrogens is 4. The third kappa shape index (κ3) is 5.80. The highest BCUT2D eigenvalue weighted by Crippen LogP contribution is 2.46. The van der Waals surface area contributed by atoms with E-state index in [0.717, 1.165) is 77.6 Å². The molecular weight excluding hydrogens is 789 g/mol. The van der Waals surface area contributed by atoms with E-state index in [1.54, 1.807) is 0 Å². The van der Waals surface area contributed by atoms with Gasteiger partial charge in [-0.3, -0.25) is 0 Å². The molecule has 4 heterocycles. The number of benzene rings is 9. The second kappa shape index (κ2) is 14.2. The topological polar surface area (TPSA) is 56.7 Å². The van der Waals surface area contributed by atoms with E-state index in [0.29, 0.717) is 17.5 Å². The van der Waals surface area contributed by atoms with E-state index in [4.69, 9.17) is 19.4 Å². The Balaban J connectivity index is 1.13. The molecule has 0 bridgehead atoms. The van der Waals surface area contributed by atoms with Crippen molar-refractivity contribution in [1.29, 1.82) is 0 Å². The molecule has 0 radical (unpaired) electrons. The molecular formula is C57H34N4OS. The van der Waals surface area contributed by atoms with E-state index in [9.17, 15) is 0 Å². The maximum Gasteiger partial charge on any atom is 0.164 e. The smallest absolute Gasteiger partial charge is 0.164 e. The fourth-order valence-corrected chi connectivity index (χ4v) is 10.5. The molecule has 13 aromatic rings. The van der Waals surface area contributed by atoms with Gasteiger partial charge in [-0.15, -0.1) is 11.3 Å². The largest absolute Gasteiger partial charge is 0.456 e. The number of furan rings is 1. The second-order valence-electron chi connectivity index (χ2n) is 15.9. The van der Waals surface area contributed by atoms with Crippen LogP contribution in [0.4, 0.5) is 0 Å². The van der Waals surface area contributed by atoms with Crippen molar-refractivity contribution in [3.8, 4) is 62.1 Å². The number of nitrogens with zero attached hydrogens (tertiary/aromatic N) is 4. The zero-order chi connectivity index (χ0) is 41.4. The fourth-order valence-electron chi connectivity index (χ4n) is 9.32. The third-order valence-electron chi connectivity index (χ3n) is 12.3. The van der Waals surface area contributed by atoms with Crippen LogP contribution < -0.4 is 0 Å². The minimum atomic E-state index is 0.608. The molecule has 0 amide bonds. The lowest BCUT2D eigenvalue weighted by molar-refractivity contribution is 0.669. The molecule has 6 heteroatoms. The number of fused-ring (bicyclic) bond motifs is 9. The Labute approximate surface area is 365 Å². The van der Waals surface area contributed by atoms with Gasteiger partial charge in [0.25, 0.3) is 0 Å². The van der Waals surface area contributed by atoms with Crippen molar-refractivity contribution in [2.75, 3.05) is 0 Å². The highest BCUT2D eigenvalue weighted by atomic mass is 32.1. The number of hydrogen-bond acceptors (Lipinski definition) is 5. The first-order valence-corrected chi connectivity index (χ1v) is 21.9. The molecule has 0 spiro atoms. The molecule has 0 fully saturated rings. The van der Waals surface area contributed by atoms with Gasteiger partial charge in [-0.1, -0.05) is 146 Å². The molecule has 63 heavy (non-hydrogen) atoms. The minimum absolute atomic E-state index is 0.608. The summed E-state index contributed by atoms with van der Waals surface area (Å²) in [7, 11) is 0. The molecule has 0 aliphatic rings. The SMILES string of the molecule is c1ccc(-c2nc(-c3ccccc3)nc(-c3ccc(-c4ccc5oc6ccccc6c5c4)cc3-c3cc(-n4c5ccccc5c5ccccc54)cc4c3sc3ccccc34)n2)cc1. The minimum Gasteiger partial charge on any atom is -0.456 e. The Morgan fingerprint density at radius 1 is 0.349 bits per heavy atom. The second-order valence-corrected chi connectivity index (χ2v) is 17.0. The fraction of sp³-hybridized carbons (Fsp3) is 0. The maximum atomic E-state index is 6.27. The van der Waals surface area contributed by atoms with Crippen molar-refractivity contribution < 1.29 is 4.42 Å². The third-order valence-corrected chi connectivity index (χ3v) is 13.5. The van der Waals surface area contributed by atoms with Crippen molar-refractivity contribution in [3.05, 3.63) is 206 Å². The molecule has 13 rings (SSSR count). The van der Waals surface area contributed by atoms with Gasteiger partial charge in [0.1, 0.15) is 11.2 Å². The summed E-state index contributed by atoms with van der Waals surface area (Å²) in [6.07, 6.45) is 0. The Bertz CT molecular complexity index is 3810. The van der Waals surface area contributed by atoms with Gasteiger partial charge in [0.15, 0.2) is 17.5 Å². The van der Waals surface area contributed by atoms with E-state index >= 15 is 0 Å². The van der Waals surface area contributed by atoms with Gasteiger partial charge in [0.05, 0.1) is 11.0 Å². The predicted octanol–water partition coefficient (Wildman–Crippen LogP) is 15.6. The monoisotopic (exact) mass is 822 g/mol. The van der Waals surface area contributed by atoms with E-state index in [2.05, 4.69) is 162 Å². The van der Waals surface area contributed by atoms with Crippen LogP contribution in [0.3, 0.4) is 0 Å².